The van der Waals surface area contributed by atoms with Crippen LogP contribution >= 0.6 is 0 Å². The van der Waals surface area contributed by atoms with E-state index in [1.54, 1.807) is 7.05 Å². The number of aryl methyl sites for hydroxylation is 2. The van der Waals surface area contributed by atoms with Crippen LogP contribution in [-0.2, 0) is 37.3 Å². The Kier molecular flexibility index (Phi) is 8.05. The Bertz CT molecular complexity index is 754. The van der Waals surface area contributed by atoms with E-state index in [2.05, 4.69) is 79.7 Å². The Morgan fingerprint density at radius 2 is 1.82 bits per heavy atom. The number of aromatic nitrogens is 1. The minimum absolute atomic E-state index is 0.142. The molecule has 0 saturated heterocycles. The summed E-state index contributed by atoms with van der Waals surface area (Å²) >= 11 is 0. The second-order valence-corrected chi connectivity index (χ2v) is 7.74. The molecule has 0 atom stereocenters. The summed E-state index contributed by atoms with van der Waals surface area (Å²) in [7, 11) is 1.78. The molecule has 0 radical (unpaired) electrons. The molecule has 0 bridgehead atoms. The van der Waals surface area contributed by atoms with Gasteiger partial charge < -0.3 is 19.9 Å². The maximum absolute atomic E-state index is 5.87. The number of nitrogens with zero attached hydrogens (tertiary/aromatic N) is 2. The lowest BCUT2D eigenvalue weighted by atomic mass is 10.1. The van der Waals surface area contributed by atoms with Gasteiger partial charge in [0.15, 0.2) is 5.96 Å². The number of ether oxygens (including phenoxy) is 1. The van der Waals surface area contributed by atoms with Gasteiger partial charge in [0.05, 0.1) is 17.9 Å². The van der Waals surface area contributed by atoms with Crippen LogP contribution in [0.25, 0.3) is 0 Å². The average molecular weight is 387 g/mol. The van der Waals surface area contributed by atoms with Gasteiger partial charge in [-0.1, -0.05) is 43.3 Å². The average Bonchev–Trinajstić information content (AvgIpc) is 3.08. The number of guanidine groups is 1. The predicted octanol–water partition coefficient (Wildman–Crippen LogP) is 3.98. The largest absolute Gasteiger partial charge is 0.371 e. The Hall–Kier alpha value is -2.34. The molecule has 2 N–H and O–H groups in total. The number of hydrogen-bond donors (Lipinski definition) is 2. The normalized spacial score (nSPS) is 12.3. The Morgan fingerprint density at radius 3 is 2.46 bits per heavy atom. The molecule has 1 heterocycles. The molecule has 1 aromatic carbocycles. The van der Waals surface area contributed by atoms with Crippen molar-refractivity contribution in [1.82, 2.24) is 15.8 Å². The van der Waals surface area contributed by atoms with Crippen molar-refractivity contribution in [3.63, 3.8) is 0 Å². The third-order valence-electron chi connectivity index (χ3n) is 4.39. The second-order valence-electron chi connectivity index (χ2n) is 7.74. The van der Waals surface area contributed by atoms with Gasteiger partial charge in [-0.2, -0.15) is 0 Å². The van der Waals surface area contributed by atoms with Crippen LogP contribution in [-0.4, -0.2) is 23.8 Å². The molecular formula is C22H34N4O2. The molecule has 0 fully saturated rings. The zero-order chi connectivity index (χ0) is 20.6. The lowest BCUT2D eigenvalue weighted by Crippen LogP contribution is -2.36. The van der Waals surface area contributed by atoms with Gasteiger partial charge in [-0.15, -0.1) is 0 Å². The van der Waals surface area contributed by atoms with Crippen LogP contribution in [0.15, 0.2) is 33.8 Å². The van der Waals surface area contributed by atoms with Gasteiger partial charge in [0.1, 0.15) is 5.76 Å². The van der Waals surface area contributed by atoms with Gasteiger partial charge in [0.25, 0.3) is 0 Å². The van der Waals surface area contributed by atoms with Crippen LogP contribution in [0.2, 0.25) is 0 Å². The summed E-state index contributed by atoms with van der Waals surface area (Å²) < 4.78 is 11.3. The highest BCUT2D eigenvalue weighted by Gasteiger charge is 2.14. The SMILES string of the molecule is CCc1noc(CC)c1CNC(=NC)NCc1cccc(COC(C)(C)C)c1. The van der Waals surface area contributed by atoms with Crippen molar-refractivity contribution in [2.45, 2.75) is 72.8 Å². The highest BCUT2D eigenvalue weighted by Crippen LogP contribution is 2.15. The number of rotatable bonds is 8. The molecule has 6 heteroatoms. The van der Waals surface area contributed by atoms with Crippen LogP contribution in [0.3, 0.4) is 0 Å². The Balaban J connectivity index is 1.91. The Labute approximate surface area is 168 Å². The standard InChI is InChI=1S/C22H34N4O2/c1-7-19-18(20(8-2)28-26-19)14-25-21(23-6)24-13-16-10-9-11-17(12-16)15-27-22(3,4)5/h9-12H,7-8,13-15H2,1-6H3,(H2,23,24,25). The summed E-state index contributed by atoms with van der Waals surface area (Å²) in [5, 5.41) is 10.9. The van der Waals surface area contributed by atoms with Crippen LogP contribution in [0.4, 0.5) is 0 Å². The number of aliphatic imine (C=N–C) groups is 1. The first kappa shape index (κ1) is 22.0. The summed E-state index contributed by atoms with van der Waals surface area (Å²) in [6, 6.07) is 8.42. The van der Waals surface area contributed by atoms with E-state index in [9.17, 15) is 0 Å². The molecule has 0 saturated carbocycles. The van der Waals surface area contributed by atoms with Crippen LogP contribution in [0, 0.1) is 0 Å². The summed E-state index contributed by atoms with van der Waals surface area (Å²) in [5.41, 5.74) is 4.35. The highest BCUT2D eigenvalue weighted by atomic mass is 16.5. The van der Waals surface area contributed by atoms with Gasteiger partial charge >= 0.3 is 0 Å². The van der Waals surface area contributed by atoms with Gasteiger partial charge in [-0.25, -0.2) is 0 Å². The second kappa shape index (κ2) is 10.3. The van der Waals surface area contributed by atoms with E-state index in [1.165, 1.54) is 11.1 Å². The monoisotopic (exact) mass is 386 g/mol. The zero-order valence-corrected chi connectivity index (χ0v) is 18.1. The first-order chi connectivity index (χ1) is 13.4. The van der Waals surface area contributed by atoms with Crippen LogP contribution in [0.1, 0.15) is 62.8 Å². The van der Waals surface area contributed by atoms with Crippen molar-refractivity contribution in [3.05, 3.63) is 52.4 Å². The van der Waals surface area contributed by atoms with E-state index in [4.69, 9.17) is 9.26 Å². The summed E-state index contributed by atoms with van der Waals surface area (Å²) in [6.07, 6.45) is 1.69. The van der Waals surface area contributed by atoms with E-state index < -0.39 is 0 Å². The first-order valence-electron chi connectivity index (χ1n) is 9.98. The molecule has 0 unspecified atom stereocenters. The molecule has 0 aliphatic carbocycles. The fraction of sp³-hybridized carbons (Fsp3) is 0.545. The smallest absolute Gasteiger partial charge is 0.191 e. The molecular weight excluding hydrogens is 352 g/mol. The van der Waals surface area contributed by atoms with Crippen molar-refractivity contribution in [2.24, 2.45) is 4.99 Å². The van der Waals surface area contributed by atoms with Gasteiger partial charge in [0, 0.05) is 32.1 Å². The number of hydrogen-bond acceptors (Lipinski definition) is 4. The van der Waals surface area contributed by atoms with Crippen molar-refractivity contribution in [2.75, 3.05) is 7.05 Å². The highest BCUT2D eigenvalue weighted by molar-refractivity contribution is 5.79. The van der Waals surface area contributed by atoms with Gasteiger partial charge in [0.2, 0.25) is 0 Å². The fourth-order valence-electron chi connectivity index (χ4n) is 2.85. The summed E-state index contributed by atoms with van der Waals surface area (Å²) in [4.78, 5) is 4.32. The maximum atomic E-state index is 5.87. The van der Waals surface area contributed by atoms with Crippen molar-refractivity contribution in [1.29, 1.82) is 0 Å². The van der Waals surface area contributed by atoms with Crippen molar-refractivity contribution in [3.8, 4) is 0 Å². The zero-order valence-electron chi connectivity index (χ0n) is 18.1. The van der Waals surface area contributed by atoms with Gasteiger partial charge in [-0.3, -0.25) is 4.99 Å². The van der Waals surface area contributed by atoms with Crippen LogP contribution in [0.5, 0.6) is 0 Å². The minimum atomic E-state index is -0.142. The lowest BCUT2D eigenvalue weighted by Gasteiger charge is -2.19. The Morgan fingerprint density at radius 1 is 1.11 bits per heavy atom. The molecule has 154 valence electrons. The molecule has 6 nitrogen and oxygen atoms in total. The lowest BCUT2D eigenvalue weighted by molar-refractivity contribution is -0.0149. The molecule has 0 aliphatic rings. The molecule has 0 aliphatic heterocycles. The predicted molar refractivity (Wildman–Crippen MR) is 113 cm³/mol. The molecule has 0 amide bonds. The van der Waals surface area contributed by atoms with E-state index >= 15 is 0 Å². The van der Waals surface area contributed by atoms with Gasteiger partial charge in [-0.05, 0) is 38.3 Å². The minimum Gasteiger partial charge on any atom is -0.371 e. The molecule has 2 aromatic rings. The van der Waals surface area contributed by atoms with Crippen molar-refractivity contribution >= 4 is 5.96 Å². The molecule has 0 spiro atoms. The number of nitrogens with one attached hydrogen (secondary N) is 2. The van der Waals surface area contributed by atoms with E-state index in [-0.39, 0.29) is 5.60 Å². The third-order valence-corrected chi connectivity index (χ3v) is 4.39. The maximum Gasteiger partial charge on any atom is 0.191 e. The van der Waals surface area contributed by atoms with Crippen molar-refractivity contribution < 1.29 is 9.26 Å². The summed E-state index contributed by atoms with van der Waals surface area (Å²) in [5.74, 6) is 1.69. The third kappa shape index (κ3) is 6.68. The molecule has 2 rings (SSSR count). The molecule has 28 heavy (non-hydrogen) atoms. The quantitative estimate of drug-likeness (QED) is 0.530. The van der Waals surface area contributed by atoms with E-state index in [1.807, 2.05) is 0 Å². The topological polar surface area (TPSA) is 71.7 Å². The summed E-state index contributed by atoms with van der Waals surface area (Å²) in [6.45, 7) is 12.3. The number of benzene rings is 1. The molecule has 1 aromatic heterocycles. The fourth-order valence-corrected chi connectivity index (χ4v) is 2.85. The van der Waals surface area contributed by atoms with E-state index in [0.717, 1.165) is 35.8 Å². The van der Waals surface area contributed by atoms with E-state index in [0.29, 0.717) is 19.7 Å². The first-order valence-corrected chi connectivity index (χ1v) is 9.98. The van der Waals surface area contributed by atoms with Crippen LogP contribution < -0.4 is 10.6 Å².